The van der Waals surface area contributed by atoms with Gasteiger partial charge in [0.15, 0.2) is 0 Å². The molecule has 0 aromatic heterocycles. The third-order valence-electron chi connectivity index (χ3n) is 6.66. The lowest BCUT2D eigenvalue weighted by Crippen LogP contribution is -2.43. The maximum Gasteiger partial charge on any atom is 0.246 e. The lowest BCUT2D eigenvalue weighted by molar-refractivity contribution is -0.126. The number of sulfonamides is 2. The molecule has 2 fully saturated rings. The van der Waals surface area contributed by atoms with E-state index >= 15 is 0 Å². The number of amides is 1. The van der Waals surface area contributed by atoms with Crippen molar-refractivity contribution in [3.8, 4) is 5.75 Å². The van der Waals surface area contributed by atoms with Crippen molar-refractivity contribution >= 4 is 26.0 Å². The molecule has 0 unspecified atom stereocenters. The van der Waals surface area contributed by atoms with Crippen molar-refractivity contribution < 1.29 is 30.8 Å². The summed E-state index contributed by atoms with van der Waals surface area (Å²) in [5.74, 6) is -1.16. The predicted molar refractivity (Wildman–Crippen MR) is 131 cm³/mol. The maximum atomic E-state index is 13.7. The molecule has 0 spiro atoms. The number of hydrogen-bond donors (Lipinski definition) is 1. The van der Waals surface area contributed by atoms with Gasteiger partial charge in [0.25, 0.3) is 0 Å². The molecule has 2 saturated heterocycles. The molecule has 0 atom stereocenters. The van der Waals surface area contributed by atoms with Crippen LogP contribution in [0.2, 0.25) is 0 Å². The molecule has 196 valence electrons. The zero-order chi connectivity index (χ0) is 25.9. The van der Waals surface area contributed by atoms with Crippen molar-refractivity contribution in [1.29, 1.82) is 0 Å². The second-order valence-corrected chi connectivity index (χ2v) is 12.8. The van der Waals surface area contributed by atoms with Gasteiger partial charge < -0.3 is 10.1 Å². The molecule has 12 heteroatoms. The average Bonchev–Trinajstić information content (AvgIpc) is 3.44. The number of piperidine rings is 1. The van der Waals surface area contributed by atoms with Crippen LogP contribution in [0.3, 0.4) is 0 Å². The highest BCUT2D eigenvalue weighted by molar-refractivity contribution is 7.89. The van der Waals surface area contributed by atoms with Crippen molar-refractivity contribution in [1.82, 2.24) is 13.9 Å². The number of carbonyl (C=O) groups is 1. The van der Waals surface area contributed by atoms with Crippen LogP contribution in [-0.2, 0) is 31.4 Å². The molecule has 2 aliphatic rings. The number of methoxy groups -OCH3 is 1. The number of halogens is 1. The quantitative estimate of drug-likeness (QED) is 0.551. The minimum absolute atomic E-state index is 0.0653. The van der Waals surface area contributed by atoms with Gasteiger partial charge in [-0.1, -0.05) is 12.1 Å². The van der Waals surface area contributed by atoms with E-state index in [0.717, 1.165) is 30.5 Å². The first-order valence-electron chi connectivity index (χ1n) is 11.8. The van der Waals surface area contributed by atoms with Crippen molar-refractivity contribution in [3.63, 3.8) is 0 Å². The van der Waals surface area contributed by atoms with Crippen LogP contribution in [0.25, 0.3) is 0 Å². The van der Waals surface area contributed by atoms with Crippen LogP contribution < -0.4 is 10.1 Å². The minimum atomic E-state index is -3.97. The molecule has 0 saturated carbocycles. The lowest BCUT2D eigenvalue weighted by Gasteiger charge is -2.31. The summed E-state index contributed by atoms with van der Waals surface area (Å²) in [5, 5.41) is 2.86. The Kier molecular flexibility index (Phi) is 7.98. The van der Waals surface area contributed by atoms with Crippen molar-refractivity contribution in [3.05, 3.63) is 53.8 Å². The largest absolute Gasteiger partial charge is 0.495 e. The Morgan fingerprint density at radius 2 is 1.56 bits per heavy atom. The molecule has 4 rings (SSSR count). The van der Waals surface area contributed by atoms with Crippen LogP contribution in [0.1, 0.15) is 31.2 Å². The van der Waals surface area contributed by atoms with E-state index in [9.17, 15) is 26.0 Å². The first kappa shape index (κ1) is 26.5. The highest BCUT2D eigenvalue weighted by Crippen LogP contribution is 2.30. The van der Waals surface area contributed by atoms with Crippen LogP contribution in [0.5, 0.6) is 5.75 Å². The highest BCUT2D eigenvalue weighted by Gasteiger charge is 2.34. The zero-order valence-corrected chi connectivity index (χ0v) is 21.7. The average molecular weight is 540 g/mol. The number of benzene rings is 2. The molecular formula is C24H30FN3O6S2. The monoisotopic (exact) mass is 539 g/mol. The van der Waals surface area contributed by atoms with Gasteiger partial charge in [-0.3, -0.25) is 4.79 Å². The summed E-state index contributed by atoms with van der Waals surface area (Å²) in [6.07, 6.45) is 2.39. The summed E-state index contributed by atoms with van der Waals surface area (Å²) in [6, 6.07) is 9.83. The Hall–Kier alpha value is -2.54. The predicted octanol–water partition coefficient (Wildman–Crippen LogP) is 2.34. The number of nitrogens with zero attached hydrogens (tertiary/aromatic N) is 2. The van der Waals surface area contributed by atoms with Gasteiger partial charge in [-0.25, -0.2) is 21.2 Å². The number of carbonyl (C=O) groups excluding carboxylic acids is 1. The molecule has 0 radical (unpaired) electrons. The van der Waals surface area contributed by atoms with Gasteiger partial charge in [-0.2, -0.15) is 8.61 Å². The second kappa shape index (κ2) is 10.8. The van der Waals surface area contributed by atoms with Gasteiger partial charge in [0.05, 0.1) is 12.0 Å². The number of hydrogen-bond acceptors (Lipinski definition) is 6. The first-order valence-corrected chi connectivity index (χ1v) is 14.7. The summed E-state index contributed by atoms with van der Waals surface area (Å²) in [6.45, 7) is 1.57. The fraction of sp³-hybridized carbons (Fsp3) is 0.458. The van der Waals surface area contributed by atoms with Crippen molar-refractivity contribution in [2.75, 3.05) is 33.3 Å². The first-order chi connectivity index (χ1) is 17.1. The molecule has 2 aromatic rings. The van der Waals surface area contributed by atoms with E-state index in [1.54, 1.807) is 24.3 Å². The Morgan fingerprint density at radius 1 is 0.944 bits per heavy atom. The minimum Gasteiger partial charge on any atom is -0.495 e. The van der Waals surface area contributed by atoms with E-state index in [1.165, 1.54) is 21.8 Å². The standard InChI is InChI=1S/C24H30FN3O6S2/c1-34-22-9-6-20(25)16-23(22)36(32,33)28-14-10-19(11-15-28)24(29)26-17-18-4-7-21(8-5-18)35(30,31)27-12-2-3-13-27/h4-9,16,19H,2-3,10-15,17H2,1H3,(H,26,29). The van der Waals surface area contributed by atoms with Crippen LogP contribution in [0.15, 0.2) is 52.3 Å². The van der Waals surface area contributed by atoms with Gasteiger partial charge in [0, 0.05) is 38.6 Å². The van der Waals surface area contributed by atoms with E-state index in [2.05, 4.69) is 5.32 Å². The van der Waals surface area contributed by atoms with Crippen LogP contribution in [0.4, 0.5) is 4.39 Å². The summed E-state index contributed by atoms with van der Waals surface area (Å²) in [4.78, 5) is 12.7. The van der Waals surface area contributed by atoms with E-state index in [-0.39, 0.29) is 47.0 Å². The smallest absolute Gasteiger partial charge is 0.246 e. The molecule has 9 nitrogen and oxygen atoms in total. The van der Waals surface area contributed by atoms with E-state index in [0.29, 0.717) is 25.9 Å². The van der Waals surface area contributed by atoms with Crippen LogP contribution >= 0.6 is 0 Å². The third kappa shape index (κ3) is 5.56. The second-order valence-electron chi connectivity index (χ2n) is 8.95. The van der Waals surface area contributed by atoms with Gasteiger partial charge in [-0.15, -0.1) is 0 Å². The summed E-state index contributed by atoms with van der Waals surface area (Å²) in [5.41, 5.74) is 0.766. The lowest BCUT2D eigenvalue weighted by atomic mass is 9.97. The summed E-state index contributed by atoms with van der Waals surface area (Å²) >= 11 is 0. The highest BCUT2D eigenvalue weighted by atomic mass is 32.2. The fourth-order valence-corrected chi connectivity index (χ4v) is 7.69. The number of rotatable bonds is 8. The van der Waals surface area contributed by atoms with Crippen LogP contribution in [0, 0.1) is 11.7 Å². The Balaban J connectivity index is 1.31. The van der Waals surface area contributed by atoms with E-state index in [4.69, 9.17) is 4.74 Å². The number of ether oxygens (including phenoxy) is 1. The molecule has 2 aliphatic heterocycles. The van der Waals surface area contributed by atoms with E-state index < -0.39 is 25.9 Å². The molecule has 2 heterocycles. The third-order valence-corrected chi connectivity index (χ3v) is 10.5. The van der Waals surface area contributed by atoms with Gasteiger partial charge in [0.1, 0.15) is 16.5 Å². The number of nitrogens with one attached hydrogen (secondary N) is 1. The topological polar surface area (TPSA) is 113 Å². The molecule has 0 bridgehead atoms. The molecule has 1 N–H and O–H groups in total. The molecule has 0 aliphatic carbocycles. The Bertz CT molecular complexity index is 1300. The summed E-state index contributed by atoms with van der Waals surface area (Å²) < 4.78 is 72.8. The fourth-order valence-electron chi connectivity index (χ4n) is 4.54. The Labute approximate surface area is 211 Å². The van der Waals surface area contributed by atoms with Gasteiger partial charge in [0.2, 0.25) is 26.0 Å². The Morgan fingerprint density at radius 3 is 2.17 bits per heavy atom. The normalized spacial score (nSPS) is 18.3. The van der Waals surface area contributed by atoms with Gasteiger partial charge in [-0.05, 0) is 61.6 Å². The van der Waals surface area contributed by atoms with Crippen molar-refractivity contribution in [2.24, 2.45) is 5.92 Å². The van der Waals surface area contributed by atoms with Gasteiger partial charge >= 0.3 is 0 Å². The SMILES string of the molecule is COc1ccc(F)cc1S(=O)(=O)N1CCC(C(=O)NCc2ccc(S(=O)(=O)N3CCCC3)cc2)CC1. The zero-order valence-electron chi connectivity index (χ0n) is 20.0. The molecule has 2 aromatic carbocycles. The van der Waals surface area contributed by atoms with Crippen molar-refractivity contribution in [2.45, 2.75) is 42.0 Å². The van der Waals surface area contributed by atoms with Crippen LogP contribution in [-0.4, -0.2) is 64.6 Å². The summed E-state index contributed by atoms with van der Waals surface area (Å²) in [7, 11) is -6.13. The maximum absolute atomic E-state index is 13.7. The van der Waals surface area contributed by atoms with E-state index in [1.807, 2.05) is 0 Å². The molecule has 1 amide bonds. The molecule has 36 heavy (non-hydrogen) atoms. The molecular weight excluding hydrogens is 509 g/mol.